The Morgan fingerprint density at radius 2 is 1.56 bits per heavy atom. The molecule has 0 aliphatic rings. The molecule has 0 radical (unpaired) electrons. The summed E-state index contributed by atoms with van der Waals surface area (Å²) in [5.41, 5.74) is 2.10. The van der Waals surface area contributed by atoms with Crippen molar-refractivity contribution in [1.82, 2.24) is 0 Å². The van der Waals surface area contributed by atoms with Gasteiger partial charge in [0.2, 0.25) is 0 Å². The van der Waals surface area contributed by atoms with E-state index in [1.807, 2.05) is 55.5 Å². The van der Waals surface area contributed by atoms with E-state index in [1.165, 1.54) is 5.56 Å². The SMILES string of the molecule is CC[C@H](Cc1ccccc1)c1cc(O)c([C@@H](CC)c2ccccc2)c(=O)o1. The lowest BCUT2D eigenvalue weighted by molar-refractivity contribution is 0.381. The van der Waals surface area contributed by atoms with Crippen molar-refractivity contribution in [2.75, 3.05) is 0 Å². The van der Waals surface area contributed by atoms with Gasteiger partial charge in [-0.2, -0.15) is 0 Å². The van der Waals surface area contributed by atoms with Gasteiger partial charge in [0.15, 0.2) is 0 Å². The van der Waals surface area contributed by atoms with E-state index in [0.717, 1.165) is 18.4 Å². The van der Waals surface area contributed by atoms with Gasteiger partial charge in [-0.05, 0) is 30.4 Å². The van der Waals surface area contributed by atoms with E-state index in [-0.39, 0.29) is 17.6 Å². The summed E-state index contributed by atoms with van der Waals surface area (Å²) in [5, 5.41) is 10.7. The molecular weight excluding hydrogens is 336 g/mol. The van der Waals surface area contributed by atoms with Gasteiger partial charge in [0.25, 0.3) is 0 Å². The fourth-order valence-corrected chi connectivity index (χ4v) is 3.67. The minimum atomic E-state index is -0.438. The summed E-state index contributed by atoms with van der Waals surface area (Å²) < 4.78 is 5.70. The van der Waals surface area contributed by atoms with E-state index in [9.17, 15) is 9.90 Å². The molecule has 0 saturated carbocycles. The molecule has 0 saturated heterocycles. The minimum Gasteiger partial charge on any atom is -0.507 e. The number of aromatic hydroxyl groups is 1. The maximum absolute atomic E-state index is 12.8. The topological polar surface area (TPSA) is 50.4 Å². The molecule has 0 bridgehead atoms. The van der Waals surface area contributed by atoms with E-state index in [4.69, 9.17) is 4.42 Å². The van der Waals surface area contributed by atoms with Crippen molar-refractivity contribution in [2.45, 2.75) is 44.9 Å². The summed E-state index contributed by atoms with van der Waals surface area (Å²) in [6, 6.07) is 21.5. The standard InChI is InChI=1S/C24H26O3/c1-3-18(15-17-11-7-5-8-12-17)22-16-21(25)23(24(26)27-22)20(4-2)19-13-9-6-10-14-19/h5-14,16,18,20,25H,3-4,15H2,1-2H3/t18-,20+/m1/s1. The van der Waals surface area contributed by atoms with Crippen LogP contribution in [0.5, 0.6) is 5.75 Å². The van der Waals surface area contributed by atoms with Crippen LogP contribution in [-0.2, 0) is 6.42 Å². The van der Waals surface area contributed by atoms with Crippen LogP contribution in [0.2, 0.25) is 0 Å². The van der Waals surface area contributed by atoms with Gasteiger partial charge in [-0.1, -0.05) is 74.5 Å². The van der Waals surface area contributed by atoms with E-state index >= 15 is 0 Å². The predicted octanol–water partition coefficient (Wildman–Crippen LogP) is 5.62. The van der Waals surface area contributed by atoms with Crippen LogP contribution in [0.25, 0.3) is 0 Å². The second-order valence-corrected chi connectivity index (χ2v) is 6.90. The van der Waals surface area contributed by atoms with Gasteiger partial charge in [0, 0.05) is 17.9 Å². The maximum atomic E-state index is 12.8. The summed E-state index contributed by atoms with van der Waals surface area (Å²) in [6.07, 6.45) is 2.31. The first-order valence-electron chi connectivity index (χ1n) is 9.59. The molecule has 3 aromatic rings. The Kier molecular flexibility index (Phi) is 6.12. The van der Waals surface area contributed by atoms with E-state index in [1.54, 1.807) is 6.07 Å². The molecule has 0 fully saturated rings. The van der Waals surface area contributed by atoms with Gasteiger partial charge in [-0.15, -0.1) is 0 Å². The zero-order valence-electron chi connectivity index (χ0n) is 15.9. The molecule has 0 unspecified atom stereocenters. The van der Waals surface area contributed by atoms with E-state index in [2.05, 4.69) is 19.1 Å². The lowest BCUT2D eigenvalue weighted by Crippen LogP contribution is -2.16. The second kappa shape index (κ2) is 8.72. The molecule has 0 spiro atoms. The van der Waals surface area contributed by atoms with Crippen molar-refractivity contribution in [1.29, 1.82) is 0 Å². The Balaban J connectivity index is 1.95. The Bertz CT molecular complexity index is 913. The van der Waals surface area contributed by atoms with Crippen molar-refractivity contribution >= 4 is 0 Å². The molecule has 3 nitrogen and oxygen atoms in total. The molecule has 0 aliphatic heterocycles. The minimum absolute atomic E-state index is 0.0310. The Morgan fingerprint density at radius 1 is 0.926 bits per heavy atom. The van der Waals surface area contributed by atoms with Crippen LogP contribution in [0.3, 0.4) is 0 Å². The van der Waals surface area contributed by atoms with Crippen molar-refractivity contribution in [3.05, 3.63) is 99.6 Å². The van der Waals surface area contributed by atoms with Crippen LogP contribution in [-0.4, -0.2) is 5.11 Å². The van der Waals surface area contributed by atoms with Crippen LogP contribution in [0, 0.1) is 0 Å². The molecule has 1 aromatic heterocycles. The third-order valence-electron chi connectivity index (χ3n) is 5.16. The fraction of sp³-hybridized carbons (Fsp3) is 0.292. The highest BCUT2D eigenvalue weighted by molar-refractivity contribution is 5.40. The van der Waals surface area contributed by atoms with Crippen LogP contribution in [0.15, 0.2) is 75.9 Å². The average Bonchev–Trinajstić information content (AvgIpc) is 2.70. The van der Waals surface area contributed by atoms with Crippen LogP contribution in [0.4, 0.5) is 0 Å². The first-order chi connectivity index (χ1) is 13.1. The summed E-state index contributed by atoms with van der Waals surface area (Å²) in [7, 11) is 0. The van der Waals surface area contributed by atoms with Gasteiger partial charge in [0.1, 0.15) is 11.5 Å². The van der Waals surface area contributed by atoms with Gasteiger partial charge >= 0.3 is 5.63 Å². The van der Waals surface area contributed by atoms with Crippen LogP contribution in [0.1, 0.15) is 61.0 Å². The molecule has 2 atom stereocenters. The molecule has 0 aliphatic carbocycles. The van der Waals surface area contributed by atoms with Crippen molar-refractivity contribution in [3.63, 3.8) is 0 Å². The Labute approximate surface area is 160 Å². The zero-order valence-corrected chi connectivity index (χ0v) is 15.9. The summed E-state index contributed by atoms with van der Waals surface area (Å²) in [6.45, 7) is 4.08. The molecule has 1 heterocycles. The van der Waals surface area contributed by atoms with Gasteiger partial charge in [0.05, 0.1) is 5.56 Å². The lowest BCUT2D eigenvalue weighted by Gasteiger charge is -2.19. The second-order valence-electron chi connectivity index (χ2n) is 6.90. The van der Waals surface area contributed by atoms with Crippen LogP contribution < -0.4 is 5.63 Å². The molecule has 2 aromatic carbocycles. The molecule has 1 N–H and O–H groups in total. The Morgan fingerprint density at radius 3 is 2.11 bits per heavy atom. The third kappa shape index (κ3) is 4.30. The van der Waals surface area contributed by atoms with Gasteiger partial charge in [-0.3, -0.25) is 0 Å². The monoisotopic (exact) mass is 362 g/mol. The molecule has 3 rings (SSSR count). The molecule has 140 valence electrons. The van der Waals surface area contributed by atoms with Crippen molar-refractivity contribution in [2.24, 2.45) is 0 Å². The average molecular weight is 362 g/mol. The summed E-state index contributed by atoms with van der Waals surface area (Å²) in [4.78, 5) is 12.8. The third-order valence-corrected chi connectivity index (χ3v) is 5.16. The summed E-state index contributed by atoms with van der Waals surface area (Å²) >= 11 is 0. The zero-order chi connectivity index (χ0) is 19.2. The largest absolute Gasteiger partial charge is 0.507 e. The molecule has 0 amide bonds. The maximum Gasteiger partial charge on any atom is 0.343 e. The number of benzene rings is 2. The number of hydrogen-bond acceptors (Lipinski definition) is 3. The quantitative estimate of drug-likeness (QED) is 0.593. The van der Waals surface area contributed by atoms with Crippen molar-refractivity contribution < 1.29 is 9.52 Å². The fourth-order valence-electron chi connectivity index (χ4n) is 3.67. The van der Waals surface area contributed by atoms with Gasteiger partial charge < -0.3 is 9.52 Å². The normalized spacial score (nSPS) is 13.3. The van der Waals surface area contributed by atoms with Gasteiger partial charge in [-0.25, -0.2) is 4.79 Å². The lowest BCUT2D eigenvalue weighted by atomic mass is 9.88. The summed E-state index contributed by atoms with van der Waals surface area (Å²) in [5.74, 6) is 0.460. The predicted molar refractivity (Wildman–Crippen MR) is 108 cm³/mol. The molecule has 3 heteroatoms. The van der Waals surface area contributed by atoms with Crippen molar-refractivity contribution in [3.8, 4) is 5.75 Å². The number of rotatable bonds is 7. The highest BCUT2D eigenvalue weighted by Crippen LogP contribution is 2.34. The first kappa shape index (κ1) is 19.0. The van der Waals surface area contributed by atoms with E-state index < -0.39 is 5.63 Å². The Hall–Kier alpha value is -2.81. The molecular formula is C24H26O3. The van der Waals surface area contributed by atoms with Crippen LogP contribution >= 0.6 is 0 Å². The smallest absolute Gasteiger partial charge is 0.343 e. The molecule has 27 heavy (non-hydrogen) atoms. The highest BCUT2D eigenvalue weighted by Gasteiger charge is 2.24. The first-order valence-corrected chi connectivity index (χ1v) is 9.59. The van der Waals surface area contributed by atoms with E-state index in [0.29, 0.717) is 17.7 Å². The number of hydrogen-bond donors (Lipinski definition) is 1. The highest BCUT2D eigenvalue weighted by atomic mass is 16.4.